The Morgan fingerprint density at radius 1 is 1.24 bits per heavy atom. The Hall–Kier alpha value is -0.970. The van der Waals surface area contributed by atoms with Gasteiger partial charge in [-0.1, -0.05) is 12.1 Å². The fraction of sp³-hybridized carbons (Fsp3) is 0.667. The first-order valence-corrected chi connectivity index (χ1v) is 10.1. The molecule has 29 heavy (non-hydrogen) atoms. The lowest BCUT2D eigenvalue weighted by Crippen LogP contribution is -2.58. The number of nitrogens with zero attached hydrogens (tertiary/aromatic N) is 3. The van der Waals surface area contributed by atoms with Crippen molar-refractivity contribution in [3.05, 3.63) is 35.6 Å². The first-order chi connectivity index (χ1) is 13.4. The van der Waals surface area contributed by atoms with Gasteiger partial charge in [-0.05, 0) is 51.6 Å². The van der Waals surface area contributed by atoms with Gasteiger partial charge >= 0.3 is 0 Å². The number of morpholine rings is 1. The summed E-state index contributed by atoms with van der Waals surface area (Å²) in [6.45, 7) is 5.93. The molecule has 2 atom stereocenters. The fourth-order valence-corrected chi connectivity index (χ4v) is 4.10. The van der Waals surface area contributed by atoms with Crippen molar-refractivity contribution < 1.29 is 13.9 Å². The van der Waals surface area contributed by atoms with Crippen molar-refractivity contribution in [1.82, 2.24) is 15.1 Å². The number of benzene rings is 1. The maximum absolute atomic E-state index is 13.3. The number of halogens is 2. The third-order valence-electron chi connectivity index (χ3n) is 5.96. The number of aliphatic imine (C=N–C) groups is 1. The molecule has 1 aromatic rings. The predicted octanol–water partition coefficient (Wildman–Crippen LogP) is 2.89. The Balaban J connectivity index is 0.00000300. The number of ether oxygens (including phenoxy) is 2. The minimum absolute atomic E-state index is 0. The Kier molecular flexibility index (Phi) is 9.12. The van der Waals surface area contributed by atoms with Crippen molar-refractivity contribution in [2.75, 3.05) is 54.0 Å². The van der Waals surface area contributed by atoms with Crippen LogP contribution >= 0.6 is 24.0 Å². The van der Waals surface area contributed by atoms with Crippen LogP contribution in [0.2, 0.25) is 0 Å². The molecule has 3 rings (SSSR count). The highest BCUT2D eigenvalue weighted by molar-refractivity contribution is 14.0. The monoisotopic (exact) mass is 520 g/mol. The molecule has 2 fully saturated rings. The molecule has 0 radical (unpaired) electrons. The SMILES string of the molecule is CN=C(NCC1(N(C)C)CCOCC1)N1CC(C)OC(c2ccc(F)cc2)C1.I. The summed E-state index contributed by atoms with van der Waals surface area (Å²) in [7, 11) is 6.09. The van der Waals surface area contributed by atoms with E-state index in [-0.39, 0.29) is 47.5 Å². The zero-order chi connectivity index (χ0) is 20.1. The molecule has 1 N–H and O–H groups in total. The van der Waals surface area contributed by atoms with E-state index in [1.54, 1.807) is 12.1 Å². The van der Waals surface area contributed by atoms with E-state index in [0.29, 0.717) is 6.54 Å². The van der Waals surface area contributed by atoms with Gasteiger partial charge in [-0.25, -0.2) is 4.39 Å². The van der Waals surface area contributed by atoms with Crippen molar-refractivity contribution in [2.45, 2.75) is 37.5 Å². The quantitative estimate of drug-likeness (QED) is 0.376. The third-order valence-corrected chi connectivity index (χ3v) is 5.96. The molecule has 0 spiro atoms. The summed E-state index contributed by atoms with van der Waals surface area (Å²) < 4.78 is 25.0. The summed E-state index contributed by atoms with van der Waals surface area (Å²) >= 11 is 0. The van der Waals surface area contributed by atoms with E-state index in [2.05, 4.69) is 41.1 Å². The van der Waals surface area contributed by atoms with Crippen molar-refractivity contribution >= 4 is 29.9 Å². The van der Waals surface area contributed by atoms with Crippen molar-refractivity contribution in [2.24, 2.45) is 4.99 Å². The van der Waals surface area contributed by atoms with Gasteiger partial charge in [-0.2, -0.15) is 0 Å². The summed E-state index contributed by atoms with van der Waals surface area (Å²) in [6, 6.07) is 6.58. The van der Waals surface area contributed by atoms with Crippen molar-refractivity contribution in [1.29, 1.82) is 0 Å². The zero-order valence-electron chi connectivity index (χ0n) is 17.9. The molecule has 6 nitrogen and oxygen atoms in total. The van der Waals surface area contributed by atoms with E-state index in [0.717, 1.165) is 50.7 Å². The van der Waals surface area contributed by atoms with Gasteiger partial charge in [0, 0.05) is 38.9 Å². The van der Waals surface area contributed by atoms with Gasteiger partial charge in [0.25, 0.3) is 0 Å². The second-order valence-corrected chi connectivity index (χ2v) is 8.02. The van der Waals surface area contributed by atoms with Gasteiger partial charge in [0.15, 0.2) is 5.96 Å². The normalized spacial score (nSPS) is 24.9. The number of guanidine groups is 1. The Morgan fingerprint density at radius 2 is 1.90 bits per heavy atom. The van der Waals surface area contributed by atoms with Gasteiger partial charge in [-0.15, -0.1) is 24.0 Å². The number of hydrogen-bond donors (Lipinski definition) is 1. The average molecular weight is 520 g/mol. The van der Waals surface area contributed by atoms with E-state index in [1.165, 1.54) is 12.1 Å². The topological polar surface area (TPSA) is 49.3 Å². The molecule has 0 aromatic heterocycles. The first kappa shape index (κ1) is 24.3. The van der Waals surface area contributed by atoms with E-state index in [4.69, 9.17) is 9.47 Å². The summed E-state index contributed by atoms with van der Waals surface area (Å²) in [5.74, 6) is 0.655. The van der Waals surface area contributed by atoms with E-state index < -0.39 is 0 Å². The maximum atomic E-state index is 13.3. The molecule has 2 heterocycles. The Morgan fingerprint density at radius 3 is 2.48 bits per heavy atom. The molecule has 0 aliphatic carbocycles. The second kappa shape index (κ2) is 10.9. The van der Waals surface area contributed by atoms with Gasteiger partial charge in [0.1, 0.15) is 11.9 Å². The minimum Gasteiger partial charge on any atom is -0.381 e. The van der Waals surface area contributed by atoms with Crippen LogP contribution in [-0.2, 0) is 9.47 Å². The van der Waals surface area contributed by atoms with Crippen LogP contribution < -0.4 is 5.32 Å². The van der Waals surface area contributed by atoms with Gasteiger partial charge in [0.2, 0.25) is 0 Å². The smallest absolute Gasteiger partial charge is 0.193 e. The van der Waals surface area contributed by atoms with Gasteiger partial charge < -0.3 is 24.6 Å². The lowest BCUT2D eigenvalue weighted by atomic mass is 9.88. The summed E-state index contributed by atoms with van der Waals surface area (Å²) in [4.78, 5) is 9.07. The van der Waals surface area contributed by atoms with Crippen LogP contribution in [-0.4, -0.2) is 81.4 Å². The van der Waals surface area contributed by atoms with Crippen LogP contribution in [0.25, 0.3) is 0 Å². The first-order valence-electron chi connectivity index (χ1n) is 10.1. The summed E-state index contributed by atoms with van der Waals surface area (Å²) in [5, 5.41) is 3.60. The highest BCUT2D eigenvalue weighted by Gasteiger charge is 2.36. The molecular formula is C21H34FIN4O2. The lowest BCUT2D eigenvalue weighted by molar-refractivity contribution is -0.0609. The van der Waals surface area contributed by atoms with Crippen LogP contribution in [0.3, 0.4) is 0 Å². The highest BCUT2D eigenvalue weighted by Crippen LogP contribution is 2.27. The molecule has 2 saturated heterocycles. The summed E-state index contributed by atoms with van der Waals surface area (Å²) in [6.07, 6.45) is 1.96. The number of nitrogens with one attached hydrogen (secondary N) is 1. The van der Waals surface area contributed by atoms with Crippen molar-refractivity contribution in [3.63, 3.8) is 0 Å². The van der Waals surface area contributed by atoms with E-state index in [1.807, 2.05) is 7.05 Å². The molecule has 8 heteroatoms. The molecule has 164 valence electrons. The fourth-order valence-electron chi connectivity index (χ4n) is 4.10. The largest absolute Gasteiger partial charge is 0.381 e. The zero-order valence-corrected chi connectivity index (χ0v) is 20.2. The second-order valence-electron chi connectivity index (χ2n) is 8.02. The number of rotatable bonds is 4. The van der Waals surface area contributed by atoms with Gasteiger partial charge in [-0.3, -0.25) is 4.99 Å². The van der Waals surface area contributed by atoms with Crippen LogP contribution in [0.15, 0.2) is 29.3 Å². The van der Waals surface area contributed by atoms with Crippen LogP contribution in [0.4, 0.5) is 4.39 Å². The highest BCUT2D eigenvalue weighted by atomic mass is 127. The molecule has 0 saturated carbocycles. The van der Waals surface area contributed by atoms with Crippen LogP contribution in [0, 0.1) is 5.82 Å². The molecule has 2 aliphatic heterocycles. The van der Waals surface area contributed by atoms with Crippen LogP contribution in [0.5, 0.6) is 0 Å². The van der Waals surface area contributed by atoms with Crippen LogP contribution in [0.1, 0.15) is 31.4 Å². The molecule has 2 aliphatic rings. The summed E-state index contributed by atoms with van der Waals surface area (Å²) in [5.41, 5.74) is 1.06. The lowest BCUT2D eigenvalue weighted by Gasteiger charge is -2.44. The predicted molar refractivity (Wildman–Crippen MR) is 125 cm³/mol. The number of likely N-dealkylation sites (N-methyl/N-ethyl adjacent to an activating group) is 1. The van der Waals surface area contributed by atoms with Crippen molar-refractivity contribution in [3.8, 4) is 0 Å². The van der Waals surface area contributed by atoms with E-state index >= 15 is 0 Å². The average Bonchev–Trinajstić information content (AvgIpc) is 2.69. The Labute approximate surface area is 190 Å². The molecule has 1 aromatic carbocycles. The molecular weight excluding hydrogens is 486 g/mol. The molecule has 0 bridgehead atoms. The third kappa shape index (κ3) is 6.02. The molecule has 2 unspecified atom stereocenters. The minimum atomic E-state index is -0.229. The standard InChI is InChI=1S/C21H33FN4O2.HI/c1-16-13-26(14-19(28-16)17-5-7-18(22)8-6-17)20(23-2)24-15-21(25(3)4)9-11-27-12-10-21;/h5-8,16,19H,9-15H2,1-4H3,(H,23,24);1H. The van der Waals surface area contributed by atoms with E-state index in [9.17, 15) is 4.39 Å². The maximum Gasteiger partial charge on any atom is 0.193 e. The molecule has 0 amide bonds. The van der Waals surface area contributed by atoms with Gasteiger partial charge in [0.05, 0.1) is 12.6 Å². The number of hydrogen-bond acceptors (Lipinski definition) is 4. The Bertz CT molecular complexity index is 665.